The molecule has 0 saturated carbocycles. The number of pyridine rings is 1. The highest BCUT2D eigenvalue weighted by Gasteiger charge is 2.45. The molecule has 2 unspecified atom stereocenters. The summed E-state index contributed by atoms with van der Waals surface area (Å²) < 4.78 is 93.5. The predicted molar refractivity (Wildman–Crippen MR) is 102 cm³/mol. The van der Waals surface area contributed by atoms with Crippen LogP contribution in [0.2, 0.25) is 0 Å². The third kappa shape index (κ3) is 4.37. The molecule has 0 bridgehead atoms. The molecule has 0 radical (unpaired) electrons. The molecule has 11 heteroatoms. The van der Waals surface area contributed by atoms with Gasteiger partial charge in [-0.2, -0.15) is 13.2 Å². The number of hydrogen-bond donors (Lipinski definition) is 0. The lowest BCUT2D eigenvalue weighted by atomic mass is 9.93. The van der Waals surface area contributed by atoms with Crippen LogP contribution in [-0.4, -0.2) is 39.4 Å². The van der Waals surface area contributed by atoms with Crippen LogP contribution >= 0.6 is 0 Å². The van der Waals surface area contributed by atoms with Crippen LogP contribution in [-0.2, 0) is 30.6 Å². The zero-order valence-corrected chi connectivity index (χ0v) is 17.8. The molecule has 0 spiro atoms. The zero-order valence-electron chi connectivity index (χ0n) is 16.2. The van der Waals surface area contributed by atoms with Gasteiger partial charge in [0.25, 0.3) is 0 Å². The van der Waals surface area contributed by atoms with Crippen molar-refractivity contribution in [2.24, 2.45) is 0 Å². The highest BCUT2D eigenvalue weighted by atomic mass is 32.2. The summed E-state index contributed by atoms with van der Waals surface area (Å²) in [5.74, 6) is 0. The Balaban J connectivity index is 1.97. The summed E-state index contributed by atoms with van der Waals surface area (Å²) in [4.78, 5) is 3.46. The van der Waals surface area contributed by atoms with E-state index in [1.165, 1.54) is 25.4 Å². The third-order valence-corrected chi connectivity index (χ3v) is 8.84. The van der Waals surface area contributed by atoms with E-state index in [1.54, 1.807) is 0 Å². The van der Waals surface area contributed by atoms with Gasteiger partial charge < -0.3 is 4.74 Å². The normalized spacial score (nSPS) is 23.3. The van der Waals surface area contributed by atoms with Crippen LogP contribution in [0.5, 0.6) is 0 Å². The SMILES string of the molecule is CC1(S(=O)(=O)c2cccc(C(F)(F)F)c2)CCOC(c2cncc(S(C)(=O)=O)c2)C1. The molecule has 2 heterocycles. The van der Waals surface area contributed by atoms with Crippen molar-refractivity contribution in [3.05, 3.63) is 53.9 Å². The quantitative estimate of drug-likeness (QED) is 0.688. The highest BCUT2D eigenvalue weighted by molar-refractivity contribution is 7.92. The summed E-state index contributed by atoms with van der Waals surface area (Å²) in [7, 11) is -7.67. The first-order valence-corrected chi connectivity index (χ1v) is 12.3. The molecule has 2 atom stereocenters. The Morgan fingerprint density at radius 2 is 1.80 bits per heavy atom. The minimum Gasteiger partial charge on any atom is -0.373 e. The first kappa shape index (κ1) is 22.7. The van der Waals surface area contributed by atoms with Gasteiger partial charge >= 0.3 is 6.18 Å². The molecule has 1 saturated heterocycles. The van der Waals surface area contributed by atoms with E-state index in [2.05, 4.69) is 4.98 Å². The van der Waals surface area contributed by atoms with Crippen molar-refractivity contribution >= 4 is 19.7 Å². The lowest BCUT2D eigenvalue weighted by Crippen LogP contribution is -2.42. The summed E-state index contributed by atoms with van der Waals surface area (Å²) >= 11 is 0. The smallest absolute Gasteiger partial charge is 0.373 e. The van der Waals surface area contributed by atoms with Crippen LogP contribution < -0.4 is 0 Å². The van der Waals surface area contributed by atoms with Crippen LogP contribution in [0.1, 0.15) is 37.0 Å². The number of nitrogens with zero attached hydrogens (tertiary/aromatic N) is 1. The largest absolute Gasteiger partial charge is 0.416 e. The van der Waals surface area contributed by atoms with Crippen LogP contribution in [0.4, 0.5) is 13.2 Å². The molecular formula is C19H20F3NO5S2. The van der Waals surface area contributed by atoms with E-state index in [0.29, 0.717) is 11.6 Å². The van der Waals surface area contributed by atoms with E-state index in [1.807, 2.05) is 0 Å². The van der Waals surface area contributed by atoms with Gasteiger partial charge in [-0.1, -0.05) is 6.07 Å². The molecule has 164 valence electrons. The van der Waals surface area contributed by atoms with E-state index in [4.69, 9.17) is 4.74 Å². The Hall–Kier alpha value is -1.98. The highest BCUT2D eigenvalue weighted by Crippen LogP contribution is 2.42. The molecule has 0 aliphatic carbocycles. The van der Waals surface area contributed by atoms with Crippen molar-refractivity contribution in [1.82, 2.24) is 4.98 Å². The Kier molecular flexibility index (Phi) is 5.76. The van der Waals surface area contributed by atoms with Gasteiger partial charge in [0.05, 0.1) is 26.2 Å². The number of halogens is 3. The average Bonchev–Trinajstić information content (AvgIpc) is 2.67. The molecule has 1 aromatic heterocycles. The summed E-state index contributed by atoms with van der Waals surface area (Å²) in [5.41, 5.74) is -0.649. The monoisotopic (exact) mass is 463 g/mol. The molecule has 1 aliphatic rings. The standard InChI is InChI=1S/C19H20F3NO5S2/c1-18(30(26,27)15-5-3-4-14(9-15)19(20,21)22)6-7-28-17(10-18)13-8-16(12-23-11-13)29(2,24)25/h3-5,8-9,11-12,17H,6-7,10H2,1-2H3. The van der Waals surface area contributed by atoms with Crippen LogP contribution in [0.25, 0.3) is 0 Å². The zero-order chi connectivity index (χ0) is 22.4. The van der Waals surface area contributed by atoms with Gasteiger partial charge in [0.1, 0.15) is 0 Å². The van der Waals surface area contributed by atoms with Crippen LogP contribution in [0.3, 0.4) is 0 Å². The number of sulfone groups is 2. The number of hydrogen-bond acceptors (Lipinski definition) is 6. The minimum atomic E-state index is -4.66. The predicted octanol–water partition coefficient (Wildman–Crippen LogP) is 3.59. The molecule has 1 aliphatic heterocycles. The van der Waals surface area contributed by atoms with Crippen molar-refractivity contribution in [3.8, 4) is 0 Å². The van der Waals surface area contributed by atoms with Gasteiger partial charge in [-0.3, -0.25) is 4.98 Å². The van der Waals surface area contributed by atoms with E-state index >= 15 is 0 Å². The second-order valence-corrected chi connectivity index (χ2v) is 12.0. The summed E-state index contributed by atoms with van der Waals surface area (Å²) in [6, 6.07) is 5.03. The van der Waals surface area contributed by atoms with Crippen molar-refractivity contribution < 1.29 is 34.7 Å². The number of aromatic nitrogens is 1. The molecular weight excluding hydrogens is 443 g/mol. The van der Waals surface area contributed by atoms with Gasteiger partial charge in [-0.15, -0.1) is 0 Å². The fourth-order valence-electron chi connectivity index (χ4n) is 3.37. The molecule has 0 N–H and O–H groups in total. The maximum Gasteiger partial charge on any atom is 0.416 e. The molecule has 6 nitrogen and oxygen atoms in total. The van der Waals surface area contributed by atoms with Crippen molar-refractivity contribution in [1.29, 1.82) is 0 Å². The van der Waals surface area contributed by atoms with E-state index in [-0.39, 0.29) is 24.3 Å². The summed E-state index contributed by atoms with van der Waals surface area (Å²) in [6.07, 6.45) is -1.80. The number of rotatable bonds is 4. The van der Waals surface area contributed by atoms with Crippen molar-refractivity contribution in [3.63, 3.8) is 0 Å². The van der Waals surface area contributed by atoms with Gasteiger partial charge in [-0.05, 0) is 44.0 Å². The maximum atomic E-state index is 13.3. The molecule has 1 aromatic carbocycles. The second-order valence-electron chi connectivity index (χ2n) is 7.52. The number of alkyl halides is 3. The Morgan fingerprint density at radius 3 is 2.43 bits per heavy atom. The topological polar surface area (TPSA) is 90.4 Å². The van der Waals surface area contributed by atoms with Gasteiger partial charge in [-0.25, -0.2) is 16.8 Å². The summed E-state index contributed by atoms with van der Waals surface area (Å²) in [5, 5.41) is 0. The molecule has 30 heavy (non-hydrogen) atoms. The van der Waals surface area contributed by atoms with E-state index in [0.717, 1.165) is 24.5 Å². The molecule has 3 rings (SSSR count). The lowest BCUT2D eigenvalue weighted by molar-refractivity contribution is -0.137. The van der Waals surface area contributed by atoms with Crippen molar-refractivity contribution in [2.45, 2.75) is 46.6 Å². The fraction of sp³-hybridized carbons (Fsp3) is 0.421. The Bertz CT molecular complexity index is 1160. The van der Waals surface area contributed by atoms with E-state index in [9.17, 15) is 30.0 Å². The Morgan fingerprint density at radius 1 is 1.10 bits per heavy atom. The van der Waals surface area contributed by atoms with E-state index < -0.39 is 47.2 Å². The van der Waals surface area contributed by atoms with Gasteiger partial charge in [0.15, 0.2) is 19.7 Å². The first-order chi connectivity index (χ1) is 13.7. The summed E-state index contributed by atoms with van der Waals surface area (Å²) in [6.45, 7) is 1.51. The van der Waals surface area contributed by atoms with Crippen molar-refractivity contribution in [2.75, 3.05) is 12.9 Å². The van der Waals surface area contributed by atoms with Gasteiger partial charge in [0.2, 0.25) is 0 Å². The van der Waals surface area contributed by atoms with Gasteiger partial charge in [0, 0.05) is 30.8 Å². The van der Waals surface area contributed by atoms with Crippen LogP contribution in [0.15, 0.2) is 52.5 Å². The number of benzene rings is 1. The fourth-order valence-corrected chi connectivity index (χ4v) is 5.80. The third-order valence-electron chi connectivity index (χ3n) is 5.22. The minimum absolute atomic E-state index is 0.0309. The average molecular weight is 463 g/mol. The maximum absolute atomic E-state index is 13.3. The first-order valence-electron chi connectivity index (χ1n) is 8.93. The van der Waals surface area contributed by atoms with Crippen LogP contribution in [0, 0.1) is 0 Å². The molecule has 0 amide bonds. The Labute approximate surface area is 172 Å². The second kappa shape index (κ2) is 7.61. The molecule has 2 aromatic rings. The lowest BCUT2D eigenvalue weighted by Gasteiger charge is -2.37. The number of ether oxygens (including phenoxy) is 1. The molecule has 1 fully saturated rings.